The molecule has 0 amide bonds. The van der Waals surface area contributed by atoms with Gasteiger partial charge in [0, 0.05) is 5.39 Å². The fourth-order valence-electron chi connectivity index (χ4n) is 2.19. The number of rotatable bonds is 4. The van der Waals surface area contributed by atoms with Gasteiger partial charge in [-0.3, -0.25) is 4.57 Å². The van der Waals surface area contributed by atoms with E-state index in [0.717, 1.165) is 28.2 Å². The van der Waals surface area contributed by atoms with E-state index >= 15 is 0 Å². The van der Waals surface area contributed by atoms with E-state index in [9.17, 15) is 9.90 Å². The molecule has 0 bridgehead atoms. The minimum atomic E-state index is -1.15. The number of hydrogen-bond donors (Lipinski definition) is 0. The molecule has 5 nitrogen and oxygen atoms in total. The van der Waals surface area contributed by atoms with Crippen molar-refractivity contribution >= 4 is 44.4 Å². The molecule has 8 heteroatoms. The van der Waals surface area contributed by atoms with Crippen molar-refractivity contribution in [3.63, 3.8) is 0 Å². The molecule has 0 aliphatic rings. The van der Waals surface area contributed by atoms with Crippen molar-refractivity contribution in [2.75, 3.05) is 0 Å². The second kappa shape index (κ2) is 7.58. The van der Waals surface area contributed by atoms with Crippen LogP contribution >= 0.6 is 27.7 Å². The van der Waals surface area contributed by atoms with Crippen LogP contribution in [-0.4, -0.2) is 25.5 Å². The molecule has 1 heterocycles. The first-order valence-corrected chi connectivity index (χ1v) is 8.50. The molecular formula is C16H13BrN3NaO2S. The Balaban J connectivity index is 0.00000208. The van der Waals surface area contributed by atoms with Gasteiger partial charge in [0.25, 0.3) is 0 Å². The number of carbonyl (C=O) groups excluding carboxylic acids is 1. The van der Waals surface area contributed by atoms with E-state index in [2.05, 4.69) is 26.1 Å². The SMILES string of the molecule is CC(C)(Sc1nnc(Br)n1-c1cccc2ccccc12)C(=O)[O-].[Na+]. The average Bonchev–Trinajstić information content (AvgIpc) is 2.86. The summed E-state index contributed by atoms with van der Waals surface area (Å²) in [5.74, 6) is -1.15. The first-order chi connectivity index (χ1) is 10.9. The van der Waals surface area contributed by atoms with Gasteiger partial charge in [-0.15, -0.1) is 10.2 Å². The van der Waals surface area contributed by atoms with Gasteiger partial charge < -0.3 is 9.90 Å². The van der Waals surface area contributed by atoms with Gasteiger partial charge in [0.1, 0.15) is 0 Å². The van der Waals surface area contributed by atoms with Crippen molar-refractivity contribution in [1.29, 1.82) is 0 Å². The van der Waals surface area contributed by atoms with Gasteiger partial charge in [0.2, 0.25) is 4.73 Å². The number of carbonyl (C=O) groups is 1. The summed E-state index contributed by atoms with van der Waals surface area (Å²) >= 11 is 4.50. The minimum Gasteiger partial charge on any atom is -0.549 e. The van der Waals surface area contributed by atoms with E-state index in [-0.39, 0.29) is 29.6 Å². The Labute approximate surface area is 174 Å². The molecule has 0 aliphatic heterocycles. The first-order valence-electron chi connectivity index (χ1n) is 6.89. The second-order valence-electron chi connectivity index (χ2n) is 5.49. The monoisotopic (exact) mass is 413 g/mol. The Morgan fingerprint density at radius 1 is 1.17 bits per heavy atom. The van der Waals surface area contributed by atoms with E-state index in [0.29, 0.717) is 9.89 Å². The Morgan fingerprint density at radius 2 is 1.83 bits per heavy atom. The fraction of sp³-hybridized carbons (Fsp3) is 0.188. The van der Waals surface area contributed by atoms with Crippen LogP contribution in [0.25, 0.3) is 16.5 Å². The van der Waals surface area contributed by atoms with Crippen LogP contribution in [0.2, 0.25) is 0 Å². The molecule has 24 heavy (non-hydrogen) atoms. The topological polar surface area (TPSA) is 70.8 Å². The average molecular weight is 414 g/mol. The van der Waals surface area contributed by atoms with Gasteiger partial charge in [-0.2, -0.15) is 0 Å². The number of thioether (sulfide) groups is 1. The van der Waals surface area contributed by atoms with Gasteiger partial charge >= 0.3 is 29.6 Å². The van der Waals surface area contributed by atoms with Crippen molar-refractivity contribution in [3.8, 4) is 5.69 Å². The number of carboxylic acids is 1. The maximum Gasteiger partial charge on any atom is 1.00 e. The minimum absolute atomic E-state index is 0. The Bertz CT molecular complexity index is 893. The summed E-state index contributed by atoms with van der Waals surface area (Å²) in [6.45, 7) is 3.17. The van der Waals surface area contributed by atoms with Crippen molar-refractivity contribution < 1.29 is 39.5 Å². The molecule has 0 radical (unpaired) electrons. The van der Waals surface area contributed by atoms with Crippen molar-refractivity contribution in [3.05, 3.63) is 47.2 Å². The molecule has 0 N–H and O–H groups in total. The van der Waals surface area contributed by atoms with Crippen LogP contribution in [0.3, 0.4) is 0 Å². The summed E-state index contributed by atoms with van der Waals surface area (Å²) < 4.78 is 1.21. The molecule has 0 saturated heterocycles. The van der Waals surface area contributed by atoms with E-state index in [1.165, 1.54) is 0 Å². The first kappa shape index (κ1) is 19.5. The Kier molecular flexibility index (Phi) is 6.14. The number of aromatic nitrogens is 3. The standard InChI is InChI=1S/C16H14BrN3O2S.Na/c1-16(2,13(21)22)23-15-19-18-14(17)20(15)12-9-5-7-10-6-3-4-8-11(10)12;/h3-9H,1-2H3,(H,21,22);/q;+1/p-1. The van der Waals surface area contributed by atoms with Gasteiger partial charge in [0.05, 0.1) is 16.4 Å². The predicted molar refractivity (Wildman–Crippen MR) is 91.5 cm³/mol. The number of halogens is 1. The number of fused-ring (bicyclic) bond motifs is 1. The molecule has 0 atom stereocenters. The summed E-state index contributed by atoms with van der Waals surface area (Å²) in [6.07, 6.45) is 0. The van der Waals surface area contributed by atoms with Crippen LogP contribution in [0.4, 0.5) is 0 Å². The Hall–Kier alpha value is -0.860. The summed E-state index contributed by atoms with van der Waals surface area (Å²) in [5, 5.41) is 22.0. The zero-order valence-corrected chi connectivity index (χ0v) is 17.9. The maximum absolute atomic E-state index is 11.3. The fourth-order valence-corrected chi connectivity index (χ4v) is 3.65. The largest absolute Gasteiger partial charge is 1.00 e. The van der Waals surface area contributed by atoms with E-state index in [1.54, 1.807) is 18.4 Å². The summed E-state index contributed by atoms with van der Waals surface area (Å²) in [7, 11) is 0. The molecule has 0 saturated carbocycles. The van der Waals surface area contributed by atoms with Crippen molar-refractivity contribution in [2.24, 2.45) is 0 Å². The molecule has 0 unspecified atom stereocenters. The molecular weight excluding hydrogens is 401 g/mol. The van der Waals surface area contributed by atoms with Crippen LogP contribution in [0.15, 0.2) is 52.4 Å². The summed E-state index contributed by atoms with van der Waals surface area (Å²) in [6, 6.07) is 13.9. The third-order valence-electron chi connectivity index (χ3n) is 3.44. The third kappa shape index (κ3) is 3.70. The zero-order valence-electron chi connectivity index (χ0n) is 13.5. The van der Waals surface area contributed by atoms with Crippen LogP contribution in [0, 0.1) is 0 Å². The van der Waals surface area contributed by atoms with Crippen LogP contribution in [-0.2, 0) is 4.79 Å². The van der Waals surface area contributed by atoms with E-state index in [4.69, 9.17) is 0 Å². The summed E-state index contributed by atoms with van der Waals surface area (Å²) in [4.78, 5) is 11.3. The molecule has 0 aliphatic carbocycles. The van der Waals surface area contributed by atoms with Gasteiger partial charge in [-0.25, -0.2) is 0 Å². The van der Waals surface area contributed by atoms with Crippen LogP contribution in [0.1, 0.15) is 13.8 Å². The normalized spacial score (nSPS) is 11.3. The number of nitrogens with zero attached hydrogens (tertiary/aromatic N) is 3. The van der Waals surface area contributed by atoms with E-state index in [1.807, 2.05) is 42.5 Å². The second-order valence-corrected chi connectivity index (χ2v) is 7.78. The number of benzene rings is 2. The zero-order chi connectivity index (χ0) is 16.6. The Morgan fingerprint density at radius 3 is 2.54 bits per heavy atom. The molecule has 118 valence electrons. The van der Waals surface area contributed by atoms with Gasteiger partial charge in [-0.1, -0.05) is 48.2 Å². The van der Waals surface area contributed by atoms with Crippen LogP contribution < -0.4 is 34.7 Å². The van der Waals surface area contributed by atoms with Gasteiger partial charge in [0.15, 0.2) is 5.16 Å². The third-order valence-corrected chi connectivity index (χ3v) is 5.08. The molecule has 0 spiro atoms. The molecule has 2 aromatic carbocycles. The van der Waals surface area contributed by atoms with Gasteiger partial charge in [-0.05, 0) is 41.2 Å². The molecule has 1 aromatic heterocycles. The molecule has 3 rings (SSSR count). The van der Waals surface area contributed by atoms with E-state index < -0.39 is 10.7 Å². The quantitative estimate of drug-likeness (QED) is 0.437. The number of aliphatic carboxylic acids is 1. The van der Waals surface area contributed by atoms with Crippen molar-refractivity contribution in [1.82, 2.24) is 14.8 Å². The smallest absolute Gasteiger partial charge is 0.549 e. The maximum atomic E-state index is 11.3. The number of carboxylic acid groups (broad SMARTS) is 1. The van der Waals surface area contributed by atoms with Crippen LogP contribution in [0.5, 0.6) is 0 Å². The molecule has 0 fully saturated rings. The summed E-state index contributed by atoms with van der Waals surface area (Å²) in [5.41, 5.74) is 0.886. The number of hydrogen-bond acceptors (Lipinski definition) is 5. The predicted octanol–water partition coefficient (Wildman–Crippen LogP) is -0.192. The molecule has 3 aromatic rings. The van der Waals surface area contributed by atoms with Crippen molar-refractivity contribution in [2.45, 2.75) is 23.8 Å².